The van der Waals surface area contributed by atoms with Crippen molar-refractivity contribution in [3.63, 3.8) is 0 Å². The molecule has 1 aromatic carbocycles. The molecule has 148 valence electrons. The van der Waals surface area contributed by atoms with E-state index in [0.29, 0.717) is 12.1 Å². The predicted octanol–water partition coefficient (Wildman–Crippen LogP) is 3.30. The van der Waals surface area contributed by atoms with Gasteiger partial charge in [-0.1, -0.05) is 6.07 Å². The van der Waals surface area contributed by atoms with E-state index < -0.39 is 47.6 Å². The summed E-state index contributed by atoms with van der Waals surface area (Å²) in [7, 11) is 0. The fraction of sp³-hybridized carbons (Fsp3) is 0.600. The van der Waals surface area contributed by atoms with E-state index in [9.17, 15) is 35.1 Å². The highest BCUT2D eigenvalue weighted by Crippen LogP contribution is 2.44. The molecule has 2 rings (SSSR count). The van der Waals surface area contributed by atoms with Crippen molar-refractivity contribution >= 4 is 0 Å². The average Bonchev–Trinajstić information content (AvgIpc) is 2.54. The zero-order valence-electron chi connectivity index (χ0n) is 13.3. The van der Waals surface area contributed by atoms with Crippen LogP contribution in [0, 0.1) is 0 Å². The molecule has 1 aliphatic heterocycles. The average molecular weight is 392 g/mol. The van der Waals surface area contributed by atoms with Crippen molar-refractivity contribution in [2.24, 2.45) is 0 Å². The lowest BCUT2D eigenvalue weighted by molar-refractivity contribution is -0.147. The van der Waals surface area contributed by atoms with Gasteiger partial charge in [0, 0.05) is 26.2 Å². The van der Waals surface area contributed by atoms with Gasteiger partial charge in [-0.15, -0.1) is 0 Å². The Hall–Kier alpha value is -1.46. The molecule has 1 fully saturated rings. The number of aliphatic hydroxyl groups is 1. The molecule has 1 aliphatic rings. The molecule has 3 nitrogen and oxygen atoms in total. The molecule has 0 amide bonds. The van der Waals surface area contributed by atoms with Gasteiger partial charge in [-0.25, -0.2) is 8.78 Å². The highest BCUT2D eigenvalue weighted by molar-refractivity contribution is 5.38. The van der Waals surface area contributed by atoms with Crippen LogP contribution in [0.4, 0.5) is 35.1 Å². The summed E-state index contributed by atoms with van der Waals surface area (Å²) >= 11 is 0. The number of aliphatic hydroxyl groups excluding tert-OH is 1. The van der Waals surface area contributed by atoms with Gasteiger partial charge in [0.25, 0.3) is 5.92 Å². The third-order valence-corrected chi connectivity index (χ3v) is 4.11. The normalized spacial score (nSPS) is 18.8. The Morgan fingerprint density at radius 3 is 2.00 bits per heavy atom. The van der Waals surface area contributed by atoms with Crippen molar-refractivity contribution < 1.29 is 40.2 Å². The van der Waals surface area contributed by atoms with Crippen LogP contribution in [0.5, 0.6) is 0 Å². The molecule has 0 aromatic heterocycles. The molecule has 1 atom stereocenters. The van der Waals surface area contributed by atoms with Gasteiger partial charge in [0.15, 0.2) is 0 Å². The molecule has 11 heteroatoms. The van der Waals surface area contributed by atoms with E-state index in [1.54, 1.807) is 0 Å². The van der Waals surface area contributed by atoms with Crippen molar-refractivity contribution in [3.05, 3.63) is 34.9 Å². The highest BCUT2D eigenvalue weighted by Gasteiger charge is 2.48. The fourth-order valence-electron chi connectivity index (χ4n) is 2.93. The number of benzene rings is 1. The summed E-state index contributed by atoms with van der Waals surface area (Å²) in [5.41, 5.74) is -4.37. The Morgan fingerprint density at radius 2 is 1.54 bits per heavy atom. The van der Waals surface area contributed by atoms with Gasteiger partial charge in [-0.3, -0.25) is 4.90 Å². The van der Waals surface area contributed by atoms with Crippen LogP contribution in [0.25, 0.3) is 0 Å². The first kappa shape index (κ1) is 20.8. The molecule has 1 heterocycles. The smallest absolute Gasteiger partial charge is 0.390 e. The van der Waals surface area contributed by atoms with Gasteiger partial charge >= 0.3 is 12.4 Å². The van der Waals surface area contributed by atoms with Gasteiger partial charge in [0.1, 0.15) is 12.6 Å². The second kappa shape index (κ2) is 7.28. The van der Waals surface area contributed by atoms with E-state index in [1.165, 1.54) is 0 Å². The van der Waals surface area contributed by atoms with E-state index in [0.717, 1.165) is 4.90 Å². The minimum absolute atomic E-state index is 0.0431. The van der Waals surface area contributed by atoms with Gasteiger partial charge in [0.2, 0.25) is 0 Å². The molecule has 2 N–H and O–H groups in total. The summed E-state index contributed by atoms with van der Waals surface area (Å²) in [6.45, 7) is -1.38. The number of hydrogen-bond donors (Lipinski definition) is 2. The first-order chi connectivity index (χ1) is 11.9. The van der Waals surface area contributed by atoms with Crippen molar-refractivity contribution in [1.82, 2.24) is 10.2 Å². The molecule has 1 aromatic rings. The Kier molecular flexibility index (Phi) is 5.83. The lowest BCUT2D eigenvalue weighted by atomic mass is 9.91. The van der Waals surface area contributed by atoms with Gasteiger partial charge in [-0.2, -0.15) is 26.3 Å². The van der Waals surface area contributed by atoms with Crippen LogP contribution in [0.1, 0.15) is 22.7 Å². The van der Waals surface area contributed by atoms with Crippen LogP contribution >= 0.6 is 0 Å². The standard InChI is InChI=1S/C15H16F8N2O/c16-13(17,8-26)12(25-5-3-24-4-6-25)10-2-1-9(14(18,19)20)7-11(10)15(21,22)23/h1-2,7,12,24,26H,3-6,8H2/t12-/m0/s1. The molecule has 0 radical (unpaired) electrons. The highest BCUT2D eigenvalue weighted by atomic mass is 19.4. The third-order valence-electron chi connectivity index (χ3n) is 4.11. The van der Waals surface area contributed by atoms with Crippen molar-refractivity contribution in [1.29, 1.82) is 0 Å². The zero-order chi connectivity index (χ0) is 19.8. The summed E-state index contributed by atoms with van der Waals surface area (Å²) < 4.78 is 107. The number of hydrogen-bond acceptors (Lipinski definition) is 3. The molecular formula is C15H16F8N2O. The van der Waals surface area contributed by atoms with E-state index in [2.05, 4.69) is 5.32 Å². The summed E-state index contributed by atoms with van der Waals surface area (Å²) in [5, 5.41) is 11.8. The van der Waals surface area contributed by atoms with Crippen LogP contribution in [0.3, 0.4) is 0 Å². The van der Waals surface area contributed by atoms with Gasteiger partial charge in [-0.05, 0) is 17.7 Å². The lowest BCUT2D eigenvalue weighted by Crippen LogP contribution is -2.51. The first-order valence-electron chi connectivity index (χ1n) is 7.59. The van der Waals surface area contributed by atoms with Crippen LogP contribution in [0.2, 0.25) is 0 Å². The number of piperazine rings is 1. The van der Waals surface area contributed by atoms with Gasteiger partial charge < -0.3 is 10.4 Å². The zero-order valence-corrected chi connectivity index (χ0v) is 13.3. The van der Waals surface area contributed by atoms with Gasteiger partial charge in [0.05, 0.1) is 11.1 Å². The topological polar surface area (TPSA) is 35.5 Å². The van der Waals surface area contributed by atoms with Crippen molar-refractivity contribution in [2.45, 2.75) is 24.3 Å². The third kappa shape index (κ3) is 4.44. The molecule has 1 saturated heterocycles. The molecule has 0 bridgehead atoms. The maximum Gasteiger partial charge on any atom is 0.416 e. The molecule has 0 unspecified atom stereocenters. The van der Waals surface area contributed by atoms with Crippen LogP contribution in [-0.2, 0) is 12.4 Å². The van der Waals surface area contributed by atoms with E-state index in [-0.39, 0.29) is 32.2 Å². The lowest BCUT2D eigenvalue weighted by Gasteiger charge is -2.39. The molecular weight excluding hydrogens is 376 g/mol. The predicted molar refractivity (Wildman–Crippen MR) is 75.7 cm³/mol. The minimum atomic E-state index is -5.27. The van der Waals surface area contributed by atoms with E-state index in [4.69, 9.17) is 5.11 Å². The Morgan fingerprint density at radius 1 is 0.962 bits per heavy atom. The minimum Gasteiger partial charge on any atom is -0.390 e. The van der Waals surface area contributed by atoms with Crippen LogP contribution < -0.4 is 5.32 Å². The van der Waals surface area contributed by atoms with Crippen molar-refractivity contribution in [3.8, 4) is 0 Å². The molecule has 0 saturated carbocycles. The summed E-state index contributed by atoms with van der Waals surface area (Å²) in [6.07, 6.45) is -10.3. The summed E-state index contributed by atoms with van der Waals surface area (Å²) in [6, 6.07) is -1.61. The van der Waals surface area contributed by atoms with E-state index >= 15 is 0 Å². The number of nitrogens with one attached hydrogen (secondary N) is 1. The fourth-order valence-corrected chi connectivity index (χ4v) is 2.93. The van der Waals surface area contributed by atoms with Crippen molar-refractivity contribution in [2.75, 3.05) is 32.8 Å². The second-order valence-electron chi connectivity index (χ2n) is 5.91. The SMILES string of the molecule is OCC(F)(F)[C@H](c1ccc(C(F)(F)F)cc1C(F)(F)F)N1CCNCC1. The molecule has 0 aliphatic carbocycles. The molecule has 0 spiro atoms. The van der Waals surface area contributed by atoms with E-state index in [1.807, 2.05) is 0 Å². The summed E-state index contributed by atoms with van der Waals surface area (Å²) in [5.74, 6) is -3.98. The quantitative estimate of drug-likeness (QED) is 0.772. The van der Waals surface area contributed by atoms with Crippen LogP contribution in [0.15, 0.2) is 18.2 Å². The first-order valence-corrected chi connectivity index (χ1v) is 7.59. The largest absolute Gasteiger partial charge is 0.416 e. The second-order valence-corrected chi connectivity index (χ2v) is 5.91. The van der Waals surface area contributed by atoms with Crippen LogP contribution in [-0.4, -0.2) is 48.7 Å². The number of halogens is 8. The Balaban J connectivity index is 2.63. The maximum atomic E-state index is 14.3. The number of alkyl halides is 8. The Bertz CT molecular complexity index is 623. The number of nitrogens with zero attached hydrogens (tertiary/aromatic N) is 1. The Labute approximate surface area is 143 Å². The maximum absolute atomic E-state index is 14.3. The summed E-state index contributed by atoms with van der Waals surface area (Å²) in [4.78, 5) is 1.03. The number of rotatable bonds is 4. The monoisotopic (exact) mass is 392 g/mol. The molecule has 26 heavy (non-hydrogen) atoms.